The van der Waals surface area contributed by atoms with Crippen molar-refractivity contribution in [2.45, 2.75) is 70.7 Å². The van der Waals surface area contributed by atoms with Crippen LogP contribution in [-0.2, 0) is 20.7 Å². The normalized spacial score (nSPS) is 21.6. The number of carbonyl (C=O) groups excluding carboxylic acids is 2. The van der Waals surface area contributed by atoms with Crippen LogP contribution >= 0.6 is 0 Å². The lowest BCUT2D eigenvalue weighted by molar-refractivity contribution is -0.121. The summed E-state index contributed by atoms with van der Waals surface area (Å²) in [5, 5.41) is 5.69. The first-order valence-electron chi connectivity index (χ1n) is 10.3. The summed E-state index contributed by atoms with van der Waals surface area (Å²) < 4.78 is 19.9. The van der Waals surface area contributed by atoms with Crippen molar-refractivity contribution in [1.82, 2.24) is 10.6 Å². The van der Waals surface area contributed by atoms with Gasteiger partial charge in [0.15, 0.2) is 0 Å². The molecule has 0 saturated heterocycles. The molecular weight excluding hydrogens is 373 g/mol. The van der Waals surface area contributed by atoms with Crippen LogP contribution in [0.4, 0.5) is 4.39 Å². The first-order valence-corrected chi connectivity index (χ1v) is 10.3. The van der Waals surface area contributed by atoms with Crippen LogP contribution in [-0.4, -0.2) is 42.7 Å². The summed E-state index contributed by atoms with van der Waals surface area (Å²) >= 11 is 0. The molecule has 3 atom stereocenters. The second-order valence-electron chi connectivity index (χ2n) is 7.42. The number of hydrogen-bond acceptors (Lipinski definition) is 4. The third kappa shape index (κ3) is 6.65. The van der Waals surface area contributed by atoms with Crippen LogP contribution in [0.1, 0.15) is 45.6 Å². The second-order valence-corrected chi connectivity index (χ2v) is 7.42. The topological polar surface area (TPSA) is 93.4 Å². The molecule has 0 bridgehead atoms. The van der Waals surface area contributed by atoms with Gasteiger partial charge in [0.05, 0.1) is 18.2 Å². The number of nitrogens with two attached hydrogens (primary N) is 1. The third-order valence-electron chi connectivity index (χ3n) is 5.20. The smallest absolute Gasteiger partial charge is 0.247 e. The predicted octanol–water partition coefficient (Wildman–Crippen LogP) is 2.22. The van der Waals surface area contributed by atoms with Gasteiger partial charge in [-0.15, -0.1) is 0 Å². The number of carbonyl (C=O) groups is 2. The van der Waals surface area contributed by atoms with Crippen LogP contribution < -0.4 is 16.4 Å². The van der Waals surface area contributed by atoms with Crippen LogP contribution in [0.5, 0.6) is 0 Å². The number of halogens is 1. The minimum absolute atomic E-state index is 0.0168. The van der Waals surface area contributed by atoms with E-state index in [4.69, 9.17) is 10.5 Å². The van der Waals surface area contributed by atoms with Gasteiger partial charge in [-0.05, 0) is 43.4 Å². The van der Waals surface area contributed by atoms with E-state index in [-0.39, 0.29) is 29.8 Å². The van der Waals surface area contributed by atoms with Gasteiger partial charge in [-0.2, -0.15) is 0 Å². The summed E-state index contributed by atoms with van der Waals surface area (Å²) in [4.78, 5) is 24.2. The number of rotatable bonds is 9. The highest BCUT2D eigenvalue weighted by atomic mass is 19.1. The fraction of sp³-hybridized carbons (Fsp3) is 0.545. The van der Waals surface area contributed by atoms with Crippen molar-refractivity contribution < 1.29 is 18.7 Å². The molecule has 4 N–H and O–H groups in total. The molecule has 160 valence electrons. The lowest BCUT2D eigenvalue weighted by Crippen LogP contribution is -2.57. The van der Waals surface area contributed by atoms with Gasteiger partial charge in [0.1, 0.15) is 5.82 Å². The van der Waals surface area contributed by atoms with E-state index in [2.05, 4.69) is 10.6 Å². The number of ether oxygens (including phenoxy) is 1. The van der Waals surface area contributed by atoms with Crippen LogP contribution in [0.25, 0.3) is 0 Å². The van der Waals surface area contributed by atoms with Crippen molar-refractivity contribution in [3.05, 3.63) is 47.3 Å². The Morgan fingerprint density at radius 1 is 1.28 bits per heavy atom. The van der Waals surface area contributed by atoms with Gasteiger partial charge in [0, 0.05) is 25.1 Å². The maximum Gasteiger partial charge on any atom is 0.247 e. The molecule has 7 heteroatoms. The molecule has 0 heterocycles. The molecule has 0 aromatic heterocycles. The lowest BCUT2D eigenvalue weighted by Gasteiger charge is -2.36. The van der Waals surface area contributed by atoms with Crippen LogP contribution in [0, 0.1) is 5.82 Å². The monoisotopic (exact) mass is 405 g/mol. The van der Waals surface area contributed by atoms with E-state index >= 15 is 0 Å². The maximum atomic E-state index is 13.7. The molecular formula is C22H32FN3O3. The number of benzene rings is 1. The molecule has 1 aromatic carbocycles. The largest absolute Gasteiger partial charge is 0.369 e. The van der Waals surface area contributed by atoms with E-state index in [0.29, 0.717) is 30.5 Å². The van der Waals surface area contributed by atoms with Crippen molar-refractivity contribution in [1.29, 1.82) is 0 Å². The molecule has 0 aliphatic heterocycles. The zero-order valence-corrected chi connectivity index (χ0v) is 17.4. The summed E-state index contributed by atoms with van der Waals surface area (Å²) in [6, 6.07) is 5.69. The third-order valence-corrected chi connectivity index (χ3v) is 5.20. The first kappa shape index (κ1) is 23.0. The summed E-state index contributed by atoms with van der Waals surface area (Å²) in [7, 11) is 0. The Bertz CT molecular complexity index is 734. The minimum atomic E-state index is -0.472. The molecule has 0 saturated carbocycles. The summed E-state index contributed by atoms with van der Waals surface area (Å²) in [6.45, 7) is 5.82. The maximum absolute atomic E-state index is 13.7. The average molecular weight is 406 g/mol. The Balaban J connectivity index is 2.06. The van der Waals surface area contributed by atoms with Gasteiger partial charge in [0.2, 0.25) is 11.8 Å². The van der Waals surface area contributed by atoms with Gasteiger partial charge in [-0.3, -0.25) is 9.59 Å². The molecule has 29 heavy (non-hydrogen) atoms. The Morgan fingerprint density at radius 3 is 2.59 bits per heavy atom. The van der Waals surface area contributed by atoms with Gasteiger partial charge in [0.25, 0.3) is 0 Å². The molecule has 2 rings (SSSR count). The fourth-order valence-electron chi connectivity index (χ4n) is 3.54. The van der Waals surface area contributed by atoms with Crippen molar-refractivity contribution in [3.63, 3.8) is 0 Å². The van der Waals surface area contributed by atoms with E-state index in [1.54, 1.807) is 24.3 Å². The van der Waals surface area contributed by atoms with E-state index in [0.717, 1.165) is 12.8 Å². The van der Waals surface area contributed by atoms with Crippen LogP contribution in [0.2, 0.25) is 0 Å². The fourth-order valence-corrected chi connectivity index (χ4v) is 3.54. The average Bonchev–Trinajstić information content (AvgIpc) is 2.69. The van der Waals surface area contributed by atoms with Gasteiger partial charge < -0.3 is 21.1 Å². The number of amides is 2. The quantitative estimate of drug-likeness (QED) is 0.587. The van der Waals surface area contributed by atoms with Gasteiger partial charge in [-0.1, -0.05) is 32.0 Å². The lowest BCUT2D eigenvalue weighted by atomic mass is 9.87. The molecule has 2 amide bonds. The van der Waals surface area contributed by atoms with Gasteiger partial charge >= 0.3 is 0 Å². The van der Waals surface area contributed by atoms with E-state index in [1.807, 2.05) is 13.8 Å². The number of nitrogens with one attached hydrogen (secondary N) is 2. The zero-order chi connectivity index (χ0) is 21.4. The molecule has 1 aliphatic carbocycles. The molecule has 0 radical (unpaired) electrons. The van der Waals surface area contributed by atoms with Crippen LogP contribution in [0.3, 0.4) is 0 Å². The second kappa shape index (κ2) is 11.1. The Labute approximate surface area is 172 Å². The molecule has 1 aliphatic rings. The van der Waals surface area contributed by atoms with Crippen molar-refractivity contribution in [2.24, 2.45) is 5.73 Å². The molecule has 1 aromatic rings. The highest BCUT2D eigenvalue weighted by Crippen LogP contribution is 2.23. The SMILES string of the molecule is CCC(CC)O[C@@H]1C=C(C(=O)NCCc2ccccc2F)C[C@H](N)[C@H]1NC(C)=O. The predicted molar refractivity (Wildman–Crippen MR) is 111 cm³/mol. The number of hydrogen-bond donors (Lipinski definition) is 3. The summed E-state index contributed by atoms with van der Waals surface area (Å²) in [5.74, 6) is -0.705. The summed E-state index contributed by atoms with van der Waals surface area (Å²) in [6.07, 6.45) is 3.70. The van der Waals surface area contributed by atoms with E-state index < -0.39 is 12.1 Å². The summed E-state index contributed by atoms with van der Waals surface area (Å²) in [5.41, 5.74) is 7.37. The zero-order valence-electron chi connectivity index (χ0n) is 17.4. The van der Waals surface area contributed by atoms with Crippen molar-refractivity contribution >= 4 is 11.8 Å². The molecule has 0 fully saturated rings. The Hall–Kier alpha value is -2.25. The molecule has 0 spiro atoms. The van der Waals surface area contributed by atoms with E-state index in [9.17, 15) is 14.0 Å². The Morgan fingerprint density at radius 2 is 1.97 bits per heavy atom. The minimum Gasteiger partial charge on any atom is -0.369 e. The van der Waals surface area contributed by atoms with Crippen molar-refractivity contribution in [3.8, 4) is 0 Å². The van der Waals surface area contributed by atoms with Crippen LogP contribution in [0.15, 0.2) is 35.9 Å². The molecule has 6 nitrogen and oxygen atoms in total. The van der Waals surface area contributed by atoms with Crippen molar-refractivity contribution in [2.75, 3.05) is 6.54 Å². The van der Waals surface area contributed by atoms with E-state index in [1.165, 1.54) is 13.0 Å². The highest BCUT2D eigenvalue weighted by Gasteiger charge is 2.35. The standard InChI is InChI=1S/C22H32FN3O3/c1-4-17(5-2)29-20-13-16(12-19(24)21(20)26-14(3)27)22(28)25-11-10-15-8-6-7-9-18(15)23/h6-9,13,17,19-21H,4-5,10-12,24H2,1-3H3,(H,25,28)(H,26,27)/t19-,20+,21+/m0/s1. The highest BCUT2D eigenvalue weighted by molar-refractivity contribution is 5.94. The Kier molecular flexibility index (Phi) is 8.79. The molecule has 0 unspecified atom stereocenters. The van der Waals surface area contributed by atoms with Gasteiger partial charge in [-0.25, -0.2) is 4.39 Å². The first-order chi connectivity index (χ1) is 13.8.